The summed E-state index contributed by atoms with van der Waals surface area (Å²) in [5.74, 6) is -2.34. The van der Waals surface area contributed by atoms with E-state index in [1.165, 1.54) is 35.4 Å². The molecular formula is C22H14BrFN2O3. The van der Waals surface area contributed by atoms with Gasteiger partial charge in [0.05, 0.1) is 23.5 Å². The third kappa shape index (κ3) is 3.45. The van der Waals surface area contributed by atoms with Gasteiger partial charge in [-0.2, -0.15) is 0 Å². The van der Waals surface area contributed by atoms with Gasteiger partial charge in [-0.25, -0.2) is 4.39 Å². The monoisotopic (exact) mass is 452 g/mol. The van der Waals surface area contributed by atoms with E-state index in [4.69, 9.17) is 0 Å². The number of hydrogen-bond acceptors (Lipinski definition) is 4. The number of aromatic nitrogens is 1. The fourth-order valence-corrected chi connectivity index (χ4v) is 3.58. The van der Waals surface area contributed by atoms with Gasteiger partial charge in [-0.3, -0.25) is 19.5 Å². The Labute approximate surface area is 174 Å². The third-order valence-corrected chi connectivity index (χ3v) is 5.20. The lowest BCUT2D eigenvalue weighted by molar-refractivity contribution is -0.132. The standard InChI is InChI=1S/C22H14BrFN2O3/c23-15-7-3-14(4-8-15)20(27)18-19(13-5-9-16(24)10-6-13)26(22(29)21(18)28)17-2-1-11-25-12-17/h1-12,19,27H. The van der Waals surface area contributed by atoms with E-state index in [0.29, 0.717) is 16.8 Å². The Morgan fingerprint density at radius 3 is 2.34 bits per heavy atom. The molecule has 2 aromatic carbocycles. The number of nitrogens with zero attached hydrogens (tertiary/aromatic N) is 2. The number of anilines is 1. The largest absolute Gasteiger partial charge is 0.507 e. The van der Waals surface area contributed by atoms with Crippen LogP contribution in [0.4, 0.5) is 10.1 Å². The zero-order valence-electron chi connectivity index (χ0n) is 14.9. The molecule has 7 heteroatoms. The van der Waals surface area contributed by atoms with Crippen LogP contribution in [0.5, 0.6) is 0 Å². The molecule has 3 aromatic rings. The number of halogens is 2. The third-order valence-electron chi connectivity index (χ3n) is 4.67. The molecule has 0 aliphatic carbocycles. The van der Waals surface area contributed by atoms with E-state index in [2.05, 4.69) is 20.9 Å². The molecule has 1 fully saturated rings. The van der Waals surface area contributed by atoms with Crippen molar-refractivity contribution in [3.63, 3.8) is 0 Å². The number of carbonyl (C=O) groups is 2. The van der Waals surface area contributed by atoms with Crippen molar-refractivity contribution in [1.82, 2.24) is 4.98 Å². The molecule has 0 spiro atoms. The lowest BCUT2D eigenvalue weighted by Crippen LogP contribution is -2.29. The van der Waals surface area contributed by atoms with Gasteiger partial charge in [-0.15, -0.1) is 0 Å². The van der Waals surface area contributed by atoms with E-state index in [-0.39, 0.29) is 11.3 Å². The van der Waals surface area contributed by atoms with Crippen LogP contribution < -0.4 is 4.90 Å². The van der Waals surface area contributed by atoms with Gasteiger partial charge in [0.25, 0.3) is 11.7 Å². The molecule has 1 saturated heterocycles. The van der Waals surface area contributed by atoms with Gasteiger partial charge in [0.1, 0.15) is 11.6 Å². The minimum absolute atomic E-state index is 0.0622. The van der Waals surface area contributed by atoms with Gasteiger partial charge >= 0.3 is 0 Å². The van der Waals surface area contributed by atoms with Gasteiger partial charge in [0.2, 0.25) is 0 Å². The second kappa shape index (κ2) is 7.60. The number of aliphatic hydroxyl groups is 1. The summed E-state index contributed by atoms with van der Waals surface area (Å²) in [5, 5.41) is 10.9. The lowest BCUT2D eigenvalue weighted by Gasteiger charge is -2.25. The highest BCUT2D eigenvalue weighted by atomic mass is 79.9. The first kappa shape index (κ1) is 19.0. The molecule has 2 heterocycles. The maximum atomic E-state index is 13.5. The highest BCUT2D eigenvalue weighted by Gasteiger charge is 2.47. The summed E-state index contributed by atoms with van der Waals surface area (Å²) >= 11 is 3.33. The zero-order valence-corrected chi connectivity index (χ0v) is 16.5. The summed E-state index contributed by atoms with van der Waals surface area (Å²) in [4.78, 5) is 31.1. The summed E-state index contributed by atoms with van der Waals surface area (Å²) in [7, 11) is 0. The number of rotatable bonds is 3. The van der Waals surface area contributed by atoms with E-state index in [9.17, 15) is 19.1 Å². The predicted octanol–water partition coefficient (Wildman–Crippen LogP) is 4.61. The molecular weight excluding hydrogens is 439 g/mol. The van der Waals surface area contributed by atoms with Crippen LogP contribution in [-0.4, -0.2) is 21.8 Å². The highest BCUT2D eigenvalue weighted by Crippen LogP contribution is 2.41. The second-order valence-electron chi connectivity index (χ2n) is 6.44. The number of amides is 1. The molecule has 1 amide bonds. The first-order valence-corrected chi connectivity index (χ1v) is 9.49. The molecule has 4 rings (SSSR count). The van der Waals surface area contributed by atoms with E-state index in [0.717, 1.165) is 4.47 Å². The van der Waals surface area contributed by atoms with Crippen molar-refractivity contribution in [3.8, 4) is 0 Å². The molecule has 1 atom stereocenters. The summed E-state index contributed by atoms with van der Waals surface area (Å²) in [6.07, 6.45) is 3.01. The van der Waals surface area contributed by atoms with Crippen molar-refractivity contribution in [3.05, 3.63) is 100 Å². The van der Waals surface area contributed by atoms with E-state index in [1.54, 1.807) is 42.6 Å². The normalized spacial score (nSPS) is 18.3. The van der Waals surface area contributed by atoms with Crippen LogP contribution in [0.1, 0.15) is 17.2 Å². The summed E-state index contributed by atoms with van der Waals surface area (Å²) < 4.78 is 14.3. The molecule has 1 unspecified atom stereocenters. The summed E-state index contributed by atoms with van der Waals surface area (Å²) in [6.45, 7) is 0. The van der Waals surface area contributed by atoms with E-state index < -0.39 is 23.5 Å². The molecule has 5 nitrogen and oxygen atoms in total. The van der Waals surface area contributed by atoms with Crippen LogP contribution in [0.2, 0.25) is 0 Å². The SMILES string of the molecule is O=C1C(=O)N(c2cccnc2)C(c2ccc(F)cc2)C1=C(O)c1ccc(Br)cc1. The number of aliphatic hydroxyl groups excluding tert-OH is 1. The fourth-order valence-electron chi connectivity index (χ4n) is 3.32. The molecule has 29 heavy (non-hydrogen) atoms. The van der Waals surface area contributed by atoms with Gasteiger partial charge in [-0.05, 0) is 42.0 Å². The molecule has 0 bridgehead atoms. The maximum absolute atomic E-state index is 13.5. The van der Waals surface area contributed by atoms with Crippen LogP contribution in [0.3, 0.4) is 0 Å². The average molecular weight is 453 g/mol. The Morgan fingerprint density at radius 2 is 1.72 bits per heavy atom. The minimum atomic E-state index is -0.913. The molecule has 1 aromatic heterocycles. The number of ketones is 1. The molecule has 1 aliphatic heterocycles. The van der Waals surface area contributed by atoms with Crippen LogP contribution in [0.15, 0.2) is 83.1 Å². The van der Waals surface area contributed by atoms with Crippen molar-refractivity contribution in [1.29, 1.82) is 0 Å². The van der Waals surface area contributed by atoms with Crippen LogP contribution in [0.25, 0.3) is 5.76 Å². The highest BCUT2D eigenvalue weighted by molar-refractivity contribution is 9.10. The van der Waals surface area contributed by atoms with Gasteiger partial charge in [0, 0.05) is 16.2 Å². The Kier molecular flexibility index (Phi) is 4.98. The number of pyridine rings is 1. The molecule has 0 saturated carbocycles. The molecule has 144 valence electrons. The summed E-state index contributed by atoms with van der Waals surface area (Å²) in [5.41, 5.74) is 1.23. The number of benzene rings is 2. The Bertz CT molecular complexity index is 1110. The van der Waals surface area contributed by atoms with Crippen molar-refractivity contribution in [2.24, 2.45) is 0 Å². The zero-order chi connectivity index (χ0) is 20.5. The number of hydrogen-bond donors (Lipinski definition) is 1. The predicted molar refractivity (Wildman–Crippen MR) is 110 cm³/mol. The van der Waals surface area contributed by atoms with Crippen molar-refractivity contribution in [2.45, 2.75) is 6.04 Å². The van der Waals surface area contributed by atoms with Gasteiger partial charge in [-0.1, -0.05) is 40.2 Å². The Balaban J connectivity index is 1.94. The van der Waals surface area contributed by atoms with Crippen LogP contribution in [-0.2, 0) is 9.59 Å². The molecule has 1 N–H and O–H groups in total. The first-order valence-electron chi connectivity index (χ1n) is 8.70. The Hall–Kier alpha value is -3.32. The van der Waals surface area contributed by atoms with Crippen molar-refractivity contribution in [2.75, 3.05) is 4.90 Å². The average Bonchev–Trinajstić information content (AvgIpc) is 3.00. The quantitative estimate of drug-likeness (QED) is 0.357. The molecule has 0 radical (unpaired) electrons. The van der Waals surface area contributed by atoms with Gasteiger partial charge in [0.15, 0.2) is 0 Å². The second-order valence-corrected chi connectivity index (χ2v) is 7.35. The smallest absolute Gasteiger partial charge is 0.300 e. The van der Waals surface area contributed by atoms with Crippen molar-refractivity contribution >= 4 is 39.1 Å². The molecule has 1 aliphatic rings. The first-order chi connectivity index (χ1) is 14.0. The number of carbonyl (C=O) groups excluding carboxylic acids is 2. The van der Waals surface area contributed by atoms with E-state index in [1.807, 2.05) is 0 Å². The minimum Gasteiger partial charge on any atom is -0.507 e. The van der Waals surface area contributed by atoms with Crippen molar-refractivity contribution < 1.29 is 19.1 Å². The van der Waals surface area contributed by atoms with E-state index >= 15 is 0 Å². The van der Waals surface area contributed by atoms with Gasteiger partial charge < -0.3 is 5.11 Å². The maximum Gasteiger partial charge on any atom is 0.300 e. The number of Topliss-reactive ketones (excluding diaryl/α,β-unsaturated/α-hetero) is 1. The fraction of sp³-hybridized carbons (Fsp3) is 0.0455. The van der Waals surface area contributed by atoms with Crippen LogP contribution in [0, 0.1) is 5.82 Å². The summed E-state index contributed by atoms with van der Waals surface area (Å²) in [6, 6.07) is 14.6. The van der Waals surface area contributed by atoms with Crippen LogP contribution >= 0.6 is 15.9 Å². The lowest BCUT2D eigenvalue weighted by atomic mass is 9.95. The topological polar surface area (TPSA) is 70.5 Å². The Morgan fingerprint density at radius 1 is 1.03 bits per heavy atom.